The monoisotopic (exact) mass is 203 g/mol. The van der Waals surface area contributed by atoms with E-state index in [0.29, 0.717) is 0 Å². The fourth-order valence-corrected chi connectivity index (χ4v) is 2.44. The van der Waals surface area contributed by atoms with E-state index in [-0.39, 0.29) is 0 Å². The van der Waals surface area contributed by atoms with Crippen molar-refractivity contribution in [2.45, 2.75) is 51.9 Å². The van der Waals surface area contributed by atoms with E-state index in [0.717, 1.165) is 18.3 Å². The Morgan fingerprint density at radius 2 is 1.93 bits per heavy atom. The van der Waals surface area contributed by atoms with Crippen LogP contribution in [0.4, 0.5) is 0 Å². The van der Waals surface area contributed by atoms with Crippen LogP contribution in [-0.2, 0) is 6.42 Å². The van der Waals surface area contributed by atoms with E-state index in [9.17, 15) is 0 Å². The van der Waals surface area contributed by atoms with E-state index in [2.05, 4.69) is 31.0 Å². The lowest BCUT2D eigenvalue weighted by atomic mass is 9.81. The van der Waals surface area contributed by atoms with Crippen LogP contribution in [0.3, 0.4) is 0 Å². The molecule has 1 fully saturated rings. The summed E-state index contributed by atoms with van der Waals surface area (Å²) in [5.41, 5.74) is 2.67. The van der Waals surface area contributed by atoms with Crippen LogP contribution >= 0.6 is 0 Å². The van der Waals surface area contributed by atoms with Crippen LogP contribution in [0.5, 0.6) is 0 Å². The molecule has 1 aromatic rings. The van der Waals surface area contributed by atoms with Gasteiger partial charge in [-0.1, -0.05) is 32.8 Å². The average molecular weight is 203 g/mol. The lowest BCUT2D eigenvalue weighted by molar-refractivity contribution is 0.344. The average Bonchev–Trinajstić information content (AvgIpc) is 2.30. The van der Waals surface area contributed by atoms with Crippen molar-refractivity contribution < 1.29 is 0 Å². The first kappa shape index (κ1) is 10.7. The van der Waals surface area contributed by atoms with Gasteiger partial charge in [0.1, 0.15) is 0 Å². The molecule has 0 radical (unpaired) electrons. The number of rotatable bonds is 2. The molecule has 0 amide bonds. The minimum atomic E-state index is 0.729. The molecule has 15 heavy (non-hydrogen) atoms. The number of hydrogen-bond donors (Lipinski definition) is 0. The van der Waals surface area contributed by atoms with E-state index in [1.807, 2.05) is 6.20 Å². The van der Waals surface area contributed by atoms with Gasteiger partial charge in [0, 0.05) is 17.8 Å². The first-order chi connectivity index (χ1) is 7.29. The van der Waals surface area contributed by atoms with E-state index >= 15 is 0 Å². The molecule has 1 aliphatic carbocycles. The highest BCUT2D eigenvalue weighted by Gasteiger charge is 2.20. The van der Waals surface area contributed by atoms with Gasteiger partial charge in [-0.2, -0.15) is 0 Å². The molecule has 0 saturated heterocycles. The summed E-state index contributed by atoms with van der Waals surface area (Å²) in [7, 11) is 0. The number of hydrogen-bond acceptors (Lipinski definition) is 1. The summed E-state index contributed by atoms with van der Waals surface area (Å²) in [5, 5.41) is 0. The van der Waals surface area contributed by atoms with Crippen molar-refractivity contribution in [1.29, 1.82) is 0 Å². The zero-order chi connectivity index (χ0) is 10.7. The van der Waals surface area contributed by atoms with Gasteiger partial charge in [-0.3, -0.25) is 4.98 Å². The number of pyridine rings is 1. The van der Waals surface area contributed by atoms with Gasteiger partial charge in [0.2, 0.25) is 0 Å². The summed E-state index contributed by atoms with van der Waals surface area (Å²) in [6.07, 6.45) is 8.56. The summed E-state index contributed by atoms with van der Waals surface area (Å²) in [6.45, 7) is 4.54. The standard InChI is InChI=1S/C14H21N/c1-3-12-6-9-14(15-10-12)13-7-4-11(2)5-8-13/h6,9-11,13H,3-5,7-8H2,1-2H3. The summed E-state index contributed by atoms with van der Waals surface area (Å²) in [6, 6.07) is 4.47. The van der Waals surface area contributed by atoms with Gasteiger partial charge in [0.05, 0.1) is 0 Å². The van der Waals surface area contributed by atoms with Gasteiger partial charge in [-0.15, -0.1) is 0 Å². The fraction of sp³-hybridized carbons (Fsp3) is 0.643. The van der Waals surface area contributed by atoms with Crippen LogP contribution < -0.4 is 0 Å². The molecule has 1 saturated carbocycles. The van der Waals surface area contributed by atoms with Crippen molar-refractivity contribution in [3.05, 3.63) is 29.6 Å². The summed E-state index contributed by atoms with van der Waals surface area (Å²) < 4.78 is 0. The van der Waals surface area contributed by atoms with Crippen molar-refractivity contribution in [2.24, 2.45) is 5.92 Å². The van der Waals surface area contributed by atoms with Gasteiger partial charge < -0.3 is 0 Å². The van der Waals surface area contributed by atoms with Crippen molar-refractivity contribution in [3.8, 4) is 0 Å². The highest BCUT2D eigenvalue weighted by Crippen LogP contribution is 2.34. The molecule has 0 N–H and O–H groups in total. The summed E-state index contributed by atoms with van der Waals surface area (Å²) in [5.74, 6) is 1.66. The molecule has 1 heteroatoms. The van der Waals surface area contributed by atoms with Crippen LogP contribution in [-0.4, -0.2) is 4.98 Å². The largest absolute Gasteiger partial charge is 0.261 e. The maximum atomic E-state index is 4.60. The SMILES string of the molecule is CCc1ccc(C2CCC(C)CC2)nc1. The predicted octanol–water partition coefficient (Wildman–Crippen LogP) is 3.94. The van der Waals surface area contributed by atoms with E-state index in [1.165, 1.54) is 36.9 Å². The van der Waals surface area contributed by atoms with Crippen molar-refractivity contribution in [2.75, 3.05) is 0 Å². The Morgan fingerprint density at radius 1 is 1.20 bits per heavy atom. The Hall–Kier alpha value is -0.850. The van der Waals surface area contributed by atoms with Crippen LogP contribution in [0.2, 0.25) is 0 Å². The van der Waals surface area contributed by atoms with Crippen LogP contribution in [0.15, 0.2) is 18.3 Å². The lowest BCUT2D eigenvalue weighted by Crippen LogP contribution is -2.11. The molecule has 0 bridgehead atoms. The zero-order valence-corrected chi connectivity index (χ0v) is 9.87. The first-order valence-corrected chi connectivity index (χ1v) is 6.24. The molecule has 1 nitrogen and oxygen atoms in total. The molecular weight excluding hydrogens is 182 g/mol. The second-order valence-electron chi connectivity index (χ2n) is 4.90. The highest BCUT2D eigenvalue weighted by atomic mass is 14.7. The van der Waals surface area contributed by atoms with Gasteiger partial charge in [-0.05, 0) is 36.8 Å². The molecule has 1 aromatic heterocycles. The van der Waals surface area contributed by atoms with E-state index < -0.39 is 0 Å². The van der Waals surface area contributed by atoms with Crippen molar-refractivity contribution >= 4 is 0 Å². The highest BCUT2D eigenvalue weighted by molar-refractivity contribution is 5.17. The maximum absolute atomic E-state index is 4.60. The van der Waals surface area contributed by atoms with Gasteiger partial charge in [-0.25, -0.2) is 0 Å². The van der Waals surface area contributed by atoms with Gasteiger partial charge >= 0.3 is 0 Å². The molecule has 1 aliphatic rings. The van der Waals surface area contributed by atoms with Crippen LogP contribution in [0.1, 0.15) is 56.7 Å². The Kier molecular flexibility index (Phi) is 3.40. The third kappa shape index (κ3) is 2.58. The zero-order valence-electron chi connectivity index (χ0n) is 9.87. The molecular formula is C14H21N. The Balaban J connectivity index is 2.03. The number of aromatic nitrogens is 1. The van der Waals surface area contributed by atoms with Crippen molar-refractivity contribution in [1.82, 2.24) is 4.98 Å². The summed E-state index contributed by atoms with van der Waals surface area (Å²) in [4.78, 5) is 4.60. The van der Waals surface area contributed by atoms with Crippen LogP contribution in [0, 0.1) is 5.92 Å². The second-order valence-corrected chi connectivity index (χ2v) is 4.90. The Morgan fingerprint density at radius 3 is 2.47 bits per heavy atom. The quantitative estimate of drug-likeness (QED) is 0.709. The Labute approximate surface area is 92.9 Å². The minimum absolute atomic E-state index is 0.729. The van der Waals surface area contributed by atoms with E-state index in [1.54, 1.807) is 0 Å². The fourth-order valence-electron chi connectivity index (χ4n) is 2.44. The molecule has 2 rings (SSSR count). The van der Waals surface area contributed by atoms with Gasteiger partial charge in [0.25, 0.3) is 0 Å². The first-order valence-electron chi connectivity index (χ1n) is 6.24. The molecule has 0 spiro atoms. The molecule has 0 atom stereocenters. The second kappa shape index (κ2) is 4.78. The third-order valence-electron chi connectivity index (χ3n) is 3.69. The van der Waals surface area contributed by atoms with Crippen LogP contribution in [0.25, 0.3) is 0 Å². The van der Waals surface area contributed by atoms with Crippen molar-refractivity contribution in [3.63, 3.8) is 0 Å². The lowest BCUT2D eigenvalue weighted by Gasteiger charge is -2.25. The minimum Gasteiger partial charge on any atom is -0.261 e. The topological polar surface area (TPSA) is 12.9 Å². The molecule has 0 aromatic carbocycles. The smallest absolute Gasteiger partial charge is 0.0434 e. The summed E-state index contributed by atoms with van der Waals surface area (Å²) >= 11 is 0. The van der Waals surface area contributed by atoms with E-state index in [4.69, 9.17) is 0 Å². The predicted molar refractivity (Wildman–Crippen MR) is 64.0 cm³/mol. The molecule has 1 heterocycles. The Bertz CT molecular complexity index is 294. The molecule has 0 aliphatic heterocycles. The molecule has 0 unspecified atom stereocenters. The number of aryl methyl sites for hydroxylation is 1. The molecule has 82 valence electrons. The van der Waals surface area contributed by atoms with Gasteiger partial charge in [0.15, 0.2) is 0 Å². The number of nitrogens with zero attached hydrogens (tertiary/aromatic N) is 1. The normalized spacial score (nSPS) is 26.5. The maximum Gasteiger partial charge on any atom is 0.0434 e. The third-order valence-corrected chi connectivity index (χ3v) is 3.69.